The molecule has 1 heterocycles. The highest BCUT2D eigenvalue weighted by Crippen LogP contribution is 2.36. The first-order valence-electron chi connectivity index (χ1n) is 9.68. The number of nitrogens with one attached hydrogen (secondary N) is 2. The second kappa shape index (κ2) is 8.02. The van der Waals surface area contributed by atoms with E-state index in [0.29, 0.717) is 23.6 Å². The molecule has 2 aromatic carbocycles. The van der Waals surface area contributed by atoms with Crippen LogP contribution < -0.4 is 15.4 Å². The van der Waals surface area contributed by atoms with Crippen LogP contribution in [-0.2, 0) is 22.4 Å². The molecule has 0 radical (unpaired) electrons. The molecule has 2 aromatic rings. The van der Waals surface area contributed by atoms with Crippen molar-refractivity contribution in [2.24, 2.45) is 0 Å². The van der Waals surface area contributed by atoms with E-state index in [0.717, 1.165) is 43.4 Å². The van der Waals surface area contributed by atoms with Crippen molar-refractivity contribution in [3.8, 4) is 5.75 Å². The van der Waals surface area contributed by atoms with Crippen LogP contribution in [0.4, 0.5) is 11.4 Å². The van der Waals surface area contributed by atoms with Crippen LogP contribution in [0.15, 0.2) is 36.4 Å². The van der Waals surface area contributed by atoms with Crippen LogP contribution in [0, 0.1) is 0 Å². The highest BCUT2D eigenvalue weighted by atomic mass is 16.5. The van der Waals surface area contributed by atoms with Gasteiger partial charge in [0.15, 0.2) is 0 Å². The summed E-state index contributed by atoms with van der Waals surface area (Å²) >= 11 is 0. The summed E-state index contributed by atoms with van der Waals surface area (Å²) in [6, 6.07) is 10.9. The zero-order valence-corrected chi connectivity index (χ0v) is 15.9. The molecule has 1 aliphatic carbocycles. The lowest BCUT2D eigenvalue weighted by atomic mass is 10.1. The fourth-order valence-electron chi connectivity index (χ4n) is 3.88. The van der Waals surface area contributed by atoms with Crippen LogP contribution in [0.5, 0.6) is 5.75 Å². The molecule has 6 heteroatoms. The van der Waals surface area contributed by atoms with Crippen LogP contribution in [0.2, 0.25) is 0 Å². The van der Waals surface area contributed by atoms with Crippen molar-refractivity contribution in [1.29, 1.82) is 0 Å². The summed E-state index contributed by atoms with van der Waals surface area (Å²) in [5.74, 6) is 0.265. The van der Waals surface area contributed by atoms with Crippen LogP contribution in [0.3, 0.4) is 0 Å². The SMILES string of the molecule is COc1ccc2c(c1NC(=O)c1cccc(NC(=O)C3CCCO3)c1)CCC2. The lowest BCUT2D eigenvalue weighted by Gasteiger charge is -2.15. The molecule has 2 amide bonds. The highest BCUT2D eigenvalue weighted by Gasteiger charge is 2.24. The van der Waals surface area contributed by atoms with Crippen molar-refractivity contribution in [1.82, 2.24) is 0 Å². The van der Waals surface area contributed by atoms with Gasteiger partial charge in [-0.25, -0.2) is 0 Å². The minimum Gasteiger partial charge on any atom is -0.495 e. The molecule has 1 fully saturated rings. The molecule has 1 unspecified atom stereocenters. The van der Waals surface area contributed by atoms with E-state index in [-0.39, 0.29) is 11.8 Å². The molecule has 1 aliphatic heterocycles. The maximum absolute atomic E-state index is 12.9. The zero-order chi connectivity index (χ0) is 19.5. The Kier molecular flexibility index (Phi) is 5.30. The van der Waals surface area contributed by atoms with Gasteiger partial charge in [-0.1, -0.05) is 12.1 Å². The molecule has 0 saturated carbocycles. The summed E-state index contributed by atoms with van der Waals surface area (Å²) in [4.78, 5) is 25.1. The molecular weight excluding hydrogens is 356 g/mol. The minimum atomic E-state index is -0.409. The Labute approximate surface area is 164 Å². The second-order valence-electron chi connectivity index (χ2n) is 7.16. The molecule has 28 heavy (non-hydrogen) atoms. The predicted octanol–water partition coefficient (Wildman–Crippen LogP) is 3.55. The molecule has 6 nitrogen and oxygen atoms in total. The Morgan fingerprint density at radius 3 is 2.79 bits per heavy atom. The van der Waals surface area contributed by atoms with Crippen LogP contribution >= 0.6 is 0 Å². The first-order valence-corrected chi connectivity index (χ1v) is 9.68. The molecule has 2 aliphatic rings. The molecule has 1 saturated heterocycles. The number of carbonyl (C=O) groups excluding carboxylic acids is 2. The van der Waals surface area contributed by atoms with Gasteiger partial charge in [0.25, 0.3) is 11.8 Å². The van der Waals surface area contributed by atoms with Gasteiger partial charge in [0.05, 0.1) is 12.8 Å². The van der Waals surface area contributed by atoms with Gasteiger partial charge in [-0.3, -0.25) is 9.59 Å². The number of benzene rings is 2. The van der Waals surface area contributed by atoms with Gasteiger partial charge in [-0.15, -0.1) is 0 Å². The van der Waals surface area contributed by atoms with Crippen LogP contribution in [0.1, 0.15) is 40.7 Å². The number of amides is 2. The first kappa shape index (κ1) is 18.5. The lowest BCUT2D eigenvalue weighted by molar-refractivity contribution is -0.124. The van der Waals surface area contributed by atoms with Gasteiger partial charge >= 0.3 is 0 Å². The molecule has 146 valence electrons. The summed E-state index contributed by atoms with van der Waals surface area (Å²) in [5, 5.41) is 5.85. The highest BCUT2D eigenvalue weighted by molar-refractivity contribution is 6.06. The maximum Gasteiger partial charge on any atom is 0.255 e. The number of carbonyl (C=O) groups is 2. The summed E-state index contributed by atoms with van der Waals surface area (Å²) < 4.78 is 10.9. The fraction of sp³-hybridized carbons (Fsp3) is 0.364. The topological polar surface area (TPSA) is 76.7 Å². The van der Waals surface area contributed by atoms with Crippen molar-refractivity contribution < 1.29 is 19.1 Å². The van der Waals surface area contributed by atoms with Crippen molar-refractivity contribution in [3.05, 3.63) is 53.1 Å². The second-order valence-corrected chi connectivity index (χ2v) is 7.16. The van der Waals surface area contributed by atoms with E-state index in [2.05, 4.69) is 16.7 Å². The smallest absolute Gasteiger partial charge is 0.255 e. The summed E-state index contributed by atoms with van der Waals surface area (Å²) in [7, 11) is 1.60. The largest absolute Gasteiger partial charge is 0.495 e. The molecule has 1 atom stereocenters. The number of fused-ring (bicyclic) bond motifs is 1. The third-order valence-electron chi connectivity index (χ3n) is 5.32. The Hall–Kier alpha value is -2.86. The van der Waals surface area contributed by atoms with Gasteiger partial charge < -0.3 is 20.1 Å². The maximum atomic E-state index is 12.9. The molecule has 0 bridgehead atoms. The Balaban J connectivity index is 1.52. The number of anilines is 2. The zero-order valence-electron chi connectivity index (χ0n) is 15.9. The molecule has 4 rings (SSSR count). The molecular formula is C22H24N2O4. The van der Waals surface area contributed by atoms with Crippen molar-refractivity contribution >= 4 is 23.2 Å². The van der Waals surface area contributed by atoms with Crippen LogP contribution in [-0.4, -0.2) is 31.6 Å². The quantitative estimate of drug-likeness (QED) is 0.832. The number of methoxy groups -OCH3 is 1. The lowest BCUT2D eigenvalue weighted by Crippen LogP contribution is -2.27. The minimum absolute atomic E-state index is 0.169. The molecule has 0 aromatic heterocycles. The summed E-state index contributed by atoms with van der Waals surface area (Å²) in [6.45, 7) is 0.615. The van der Waals surface area contributed by atoms with E-state index in [9.17, 15) is 9.59 Å². The fourth-order valence-corrected chi connectivity index (χ4v) is 3.88. The summed E-state index contributed by atoms with van der Waals surface area (Å²) in [5.41, 5.74) is 4.21. The Morgan fingerprint density at radius 1 is 1.11 bits per heavy atom. The third-order valence-corrected chi connectivity index (χ3v) is 5.32. The number of hydrogen-bond acceptors (Lipinski definition) is 4. The normalized spacial score (nSPS) is 17.8. The van der Waals surface area contributed by atoms with Gasteiger partial charge in [-0.05, 0) is 67.5 Å². The number of rotatable bonds is 5. The van der Waals surface area contributed by atoms with E-state index in [4.69, 9.17) is 9.47 Å². The summed E-state index contributed by atoms with van der Waals surface area (Å²) in [6.07, 6.45) is 4.24. The van der Waals surface area contributed by atoms with Crippen molar-refractivity contribution in [3.63, 3.8) is 0 Å². The number of ether oxygens (including phenoxy) is 2. The van der Waals surface area contributed by atoms with Crippen molar-refractivity contribution in [2.75, 3.05) is 24.4 Å². The monoisotopic (exact) mass is 380 g/mol. The van der Waals surface area contributed by atoms with E-state index < -0.39 is 6.10 Å². The standard InChI is InChI=1S/C22H24N2O4/c1-27-18-11-10-14-5-3-8-17(14)20(18)24-21(25)15-6-2-7-16(13-15)23-22(26)19-9-4-12-28-19/h2,6-7,10-11,13,19H,3-5,8-9,12H2,1H3,(H,23,26)(H,24,25). The van der Waals surface area contributed by atoms with E-state index >= 15 is 0 Å². The predicted molar refractivity (Wildman–Crippen MR) is 107 cm³/mol. The van der Waals surface area contributed by atoms with Gasteiger partial charge in [-0.2, -0.15) is 0 Å². The number of hydrogen-bond donors (Lipinski definition) is 2. The van der Waals surface area contributed by atoms with Gasteiger partial charge in [0, 0.05) is 17.9 Å². The molecule has 2 N–H and O–H groups in total. The molecule has 0 spiro atoms. The third kappa shape index (κ3) is 3.73. The average Bonchev–Trinajstić information content (AvgIpc) is 3.40. The van der Waals surface area contributed by atoms with Crippen molar-refractivity contribution in [2.45, 2.75) is 38.2 Å². The average molecular weight is 380 g/mol. The van der Waals surface area contributed by atoms with E-state index in [1.165, 1.54) is 5.56 Å². The van der Waals surface area contributed by atoms with Gasteiger partial charge in [0.2, 0.25) is 0 Å². The number of aryl methyl sites for hydroxylation is 1. The van der Waals surface area contributed by atoms with Crippen LogP contribution in [0.25, 0.3) is 0 Å². The first-order chi connectivity index (χ1) is 13.7. The van der Waals surface area contributed by atoms with E-state index in [1.54, 1.807) is 31.4 Å². The Bertz CT molecular complexity index is 903. The Morgan fingerprint density at radius 2 is 2.00 bits per heavy atom. The van der Waals surface area contributed by atoms with Gasteiger partial charge in [0.1, 0.15) is 11.9 Å². The van der Waals surface area contributed by atoms with E-state index in [1.807, 2.05) is 6.07 Å².